The van der Waals surface area contributed by atoms with Gasteiger partial charge in [0.2, 0.25) is 0 Å². The van der Waals surface area contributed by atoms with Crippen LogP contribution in [0.4, 0.5) is 0 Å². The molecule has 0 fully saturated rings. The molecule has 2 rings (SSSR count). The van der Waals surface area contributed by atoms with Crippen molar-refractivity contribution in [1.82, 2.24) is 5.32 Å². The number of nitrogens with one attached hydrogen (secondary N) is 1. The number of rotatable bonds is 5. The Morgan fingerprint density at radius 3 is 2.53 bits per heavy atom. The van der Waals surface area contributed by atoms with Gasteiger partial charge in [0.25, 0.3) is 0 Å². The largest absolute Gasteiger partial charge is 0.480 e. The van der Waals surface area contributed by atoms with Crippen LogP contribution in [0.3, 0.4) is 0 Å². The van der Waals surface area contributed by atoms with Crippen molar-refractivity contribution in [2.75, 3.05) is 6.54 Å². The van der Waals surface area contributed by atoms with Gasteiger partial charge in [0, 0.05) is 10.6 Å². The molecule has 0 aliphatic rings. The van der Waals surface area contributed by atoms with E-state index in [0.29, 0.717) is 17.3 Å². The molecule has 0 bridgehead atoms. The molecule has 0 unspecified atom stereocenters. The number of hydrogen-bond donors (Lipinski definition) is 2. The van der Waals surface area contributed by atoms with Crippen LogP contribution in [0.25, 0.3) is 11.3 Å². The van der Waals surface area contributed by atoms with Gasteiger partial charge in [-0.15, -0.1) is 12.4 Å². The van der Waals surface area contributed by atoms with Gasteiger partial charge in [0.15, 0.2) is 0 Å². The predicted molar refractivity (Wildman–Crippen MR) is 75.7 cm³/mol. The molecule has 0 amide bonds. The van der Waals surface area contributed by atoms with Gasteiger partial charge < -0.3 is 9.52 Å². The molecule has 1 aromatic heterocycles. The fourth-order valence-corrected chi connectivity index (χ4v) is 1.66. The van der Waals surface area contributed by atoms with Crippen LogP contribution in [-0.2, 0) is 11.3 Å². The molecule has 4 nitrogen and oxygen atoms in total. The molecule has 0 aliphatic carbocycles. The number of carboxylic acids is 1. The SMILES string of the molecule is Cl.O=C(O)CNCc1ccc(-c2ccc(Cl)cc2)o1. The quantitative estimate of drug-likeness (QED) is 0.890. The smallest absolute Gasteiger partial charge is 0.317 e. The van der Waals surface area contributed by atoms with Crippen LogP contribution >= 0.6 is 24.0 Å². The average Bonchev–Trinajstić information content (AvgIpc) is 2.78. The van der Waals surface area contributed by atoms with Crippen LogP contribution in [-0.4, -0.2) is 17.6 Å². The standard InChI is InChI=1S/C13H12ClNO3.ClH/c14-10-3-1-9(2-4-10)12-6-5-11(18-12)7-15-8-13(16)17;/h1-6,15H,7-8H2,(H,16,17);1H. The van der Waals surface area contributed by atoms with Gasteiger partial charge in [-0.1, -0.05) is 11.6 Å². The van der Waals surface area contributed by atoms with Crippen LogP contribution in [0.15, 0.2) is 40.8 Å². The molecule has 2 N–H and O–H groups in total. The Kier molecular flexibility index (Phi) is 5.89. The molecule has 1 aromatic carbocycles. The highest BCUT2D eigenvalue weighted by molar-refractivity contribution is 6.30. The molecule has 0 radical (unpaired) electrons. The summed E-state index contributed by atoms with van der Waals surface area (Å²) < 4.78 is 5.59. The second kappa shape index (κ2) is 7.19. The zero-order valence-corrected chi connectivity index (χ0v) is 11.5. The van der Waals surface area contributed by atoms with Crippen molar-refractivity contribution in [1.29, 1.82) is 0 Å². The van der Waals surface area contributed by atoms with E-state index in [4.69, 9.17) is 21.1 Å². The van der Waals surface area contributed by atoms with Gasteiger partial charge in [0.1, 0.15) is 11.5 Å². The monoisotopic (exact) mass is 301 g/mol. The number of benzene rings is 1. The van der Waals surface area contributed by atoms with E-state index in [-0.39, 0.29) is 19.0 Å². The summed E-state index contributed by atoms with van der Waals surface area (Å²) >= 11 is 5.81. The fraction of sp³-hybridized carbons (Fsp3) is 0.154. The van der Waals surface area contributed by atoms with Gasteiger partial charge >= 0.3 is 5.97 Å². The molecular formula is C13H13Cl2NO3. The maximum absolute atomic E-state index is 10.3. The van der Waals surface area contributed by atoms with Crippen molar-refractivity contribution in [3.63, 3.8) is 0 Å². The highest BCUT2D eigenvalue weighted by atomic mass is 35.5. The van der Waals surface area contributed by atoms with E-state index in [1.165, 1.54) is 0 Å². The van der Waals surface area contributed by atoms with Gasteiger partial charge in [-0.05, 0) is 36.4 Å². The molecule has 102 valence electrons. The van der Waals surface area contributed by atoms with Crippen molar-refractivity contribution in [2.45, 2.75) is 6.54 Å². The Morgan fingerprint density at radius 2 is 1.89 bits per heavy atom. The topological polar surface area (TPSA) is 62.5 Å². The number of carboxylic acid groups (broad SMARTS) is 1. The summed E-state index contributed by atoms with van der Waals surface area (Å²) in [5, 5.41) is 11.9. The molecule has 0 saturated carbocycles. The molecule has 6 heteroatoms. The third-order valence-electron chi connectivity index (χ3n) is 2.37. The average molecular weight is 302 g/mol. The summed E-state index contributed by atoms with van der Waals surface area (Å²) in [6.45, 7) is 0.302. The lowest BCUT2D eigenvalue weighted by Gasteiger charge is -1.99. The lowest BCUT2D eigenvalue weighted by atomic mass is 10.2. The zero-order chi connectivity index (χ0) is 13.0. The highest BCUT2D eigenvalue weighted by Gasteiger charge is 2.05. The number of carbonyl (C=O) groups is 1. The summed E-state index contributed by atoms with van der Waals surface area (Å²) in [4.78, 5) is 10.3. The zero-order valence-electron chi connectivity index (χ0n) is 9.93. The van der Waals surface area contributed by atoms with E-state index in [1.54, 1.807) is 12.1 Å². The van der Waals surface area contributed by atoms with E-state index in [9.17, 15) is 4.79 Å². The van der Waals surface area contributed by atoms with Crippen molar-refractivity contribution in [2.24, 2.45) is 0 Å². The van der Waals surface area contributed by atoms with Crippen LogP contribution in [0.5, 0.6) is 0 Å². The number of furan rings is 1. The normalized spacial score (nSPS) is 9.95. The third kappa shape index (κ3) is 4.59. The summed E-state index contributed by atoms with van der Waals surface area (Å²) in [7, 11) is 0. The maximum Gasteiger partial charge on any atom is 0.317 e. The van der Waals surface area contributed by atoms with Gasteiger partial charge in [-0.2, -0.15) is 0 Å². The number of halogens is 2. The minimum atomic E-state index is -0.889. The van der Waals surface area contributed by atoms with Gasteiger partial charge in [-0.25, -0.2) is 0 Å². The second-order valence-corrected chi connectivity index (χ2v) is 4.21. The van der Waals surface area contributed by atoms with E-state index in [1.807, 2.05) is 24.3 Å². The Morgan fingerprint density at radius 1 is 1.21 bits per heavy atom. The van der Waals surface area contributed by atoms with E-state index in [2.05, 4.69) is 5.32 Å². The molecule has 0 atom stereocenters. The maximum atomic E-state index is 10.3. The first-order valence-electron chi connectivity index (χ1n) is 5.42. The van der Waals surface area contributed by atoms with Crippen LogP contribution in [0, 0.1) is 0 Å². The van der Waals surface area contributed by atoms with Crippen molar-refractivity contribution in [3.05, 3.63) is 47.2 Å². The molecular weight excluding hydrogens is 289 g/mol. The lowest BCUT2D eigenvalue weighted by molar-refractivity contribution is -0.136. The second-order valence-electron chi connectivity index (χ2n) is 3.77. The Bertz CT molecular complexity index is 537. The van der Waals surface area contributed by atoms with E-state index >= 15 is 0 Å². The molecule has 19 heavy (non-hydrogen) atoms. The molecule has 1 heterocycles. The summed E-state index contributed by atoms with van der Waals surface area (Å²) in [6, 6.07) is 11.0. The third-order valence-corrected chi connectivity index (χ3v) is 2.62. The minimum Gasteiger partial charge on any atom is -0.480 e. The van der Waals surface area contributed by atoms with Gasteiger partial charge in [0.05, 0.1) is 13.1 Å². The Labute approximate surface area is 121 Å². The van der Waals surface area contributed by atoms with Crippen LogP contribution in [0.1, 0.15) is 5.76 Å². The van der Waals surface area contributed by atoms with Crippen molar-refractivity contribution >= 4 is 30.0 Å². The summed E-state index contributed by atoms with van der Waals surface area (Å²) in [5.74, 6) is 0.541. The lowest BCUT2D eigenvalue weighted by Crippen LogP contribution is -2.21. The van der Waals surface area contributed by atoms with E-state index < -0.39 is 5.97 Å². The summed E-state index contributed by atoms with van der Waals surface area (Å²) in [5.41, 5.74) is 0.934. The molecule has 0 aliphatic heterocycles. The first-order chi connectivity index (χ1) is 8.65. The number of hydrogen-bond acceptors (Lipinski definition) is 3. The molecule has 2 aromatic rings. The van der Waals surface area contributed by atoms with Crippen molar-refractivity contribution < 1.29 is 14.3 Å². The van der Waals surface area contributed by atoms with Gasteiger partial charge in [-0.3, -0.25) is 10.1 Å². The van der Waals surface area contributed by atoms with Crippen molar-refractivity contribution in [3.8, 4) is 11.3 Å². The number of aliphatic carboxylic acids is 1. The Hall–Kier alpha value is -1.49. The molecule has 0 spiro atoms. The fourth-order valence-electron chi connectivity index (χ4n) is 1.53. The van der Waals surface area contributed by atoms with Crippen LogP contribution in [0.2, 0.25) is 5.02 Å². The van der Waals surface area contributed by atoms with Crippen LogP contribution < -0.4 is 5.32 Å². The Balaban J connectivity index is 0.00000180. The highest BCUT2D eigenvalue weighted by Crippen LogP contribution is 2.23. The predicted octanol–water partition coefficient (Wildman–Crippen LogP) is 3.20. The first kappa shape index (κ1) is 15.6. The van der Waals surface area contributed by atoms with E-state index in [0.717, 1.165) is 11.3 Å². The minimum absolute atomic E-state index is 0. The first-order valence-corrected chi connectivity index (χ1v) is 5.80. The summed E-state index contributed by atoms with van der Waals surface area (Å²) in [6.07, 6.45) is 0. The molecule has 0 saturated heterocycles.